The van der Waals surface area contributed by atoms with E-state index in [0.717, 1.165) is 4.88 Å². The number of methoxy groups -OCH3 is 3. The molecule has 2 amide bonds. The first-order valence-electron chi connectivity index (χ1n) is 7.86. The number of hydrogen-bond donors (Lipinski definition) is 2. The maximum absolute atomic E-state index is 12.5. The van der Waals surface area contributed by atoms with Crippen LogP contribution in [0.25, 0.3) is 0 Å². The Hall–Kier alpha value is -2.74. The number of hydrogen-bond acceptors (Lipinski definition) is 6. The summed E-state index contributed by atoms with van der Waals surface area (Å²) in [7, 11) is 4.43. The van der Waals surface area contributed by atoms with Crippen LogP contribution in [0.1, 0.15) is 22.2 Å². The first kappa shape index (κ1) is 19.6. The standard InChI is InChI=1S/C18H22N2O5S/c1-10-6-13(9-26-10)20-17(21)11(2)19-18(22)12-7-14(23-3)16(25-5)15(8-12)24-4/h6-9,11H,1-5H3,(H,19,22)(H,20,21). The van der Waals surface area contributed by atoms with E-state index in [1.807, 2.05) is 18.4 Å². The lowest BCUT2D eigenvalue weighted by Crippen LogP contribution is -2.41. The van der Waals surface area contributed by atoms with Crippen molar-refractivity contribution >= 4 is 28.8 Å². The molecule has 26 heavy (non-hydrogen) atoms. The zero-order valence-corrected chi connectivity index (χ0v) is 16.2. The lowest BCUT2D eigenvalue weighted by molar-refractivity contribution is -0.117. The van der Waals surface area contributed by atoms with Crippen molar-refractivity contribution in [1.29, 1.82) is 0 Å². The van der Waals surface area contributed by atoms with Gasteiger partial charge in [0.25, 0.3) is 5.91 Å². The molecule has 8 heteroatoms. The average Bonchev–Trinajstić information content (AvgIpc) is 3.04. The molecule has 0 aliphatic rings. The molecular weight excluding hydrogens is 356 g/mol. The van der Waals surface area contributed by atoms with Crippen molar-refractivity contribution in [1.82, 2.24) is 5.32 Å². The molecular formula is C18H22N2O5S. The second-order valence-electron chi connectivity index (χ2n) is 5.54. The molecule has 1 heterocycles. The molecule has 140 valence electrons. The Bertz CT molecular complexity index is 778. The molecule has 1 aromatic carbocycles. The van der Waals surface area contributed by atoms with Crippen LogP contribution in [-0.2, 0) is 4.79 Å². The number of anilines is 1. The highest BCUT2D eigenvalue weighted by molar-refractivity contribution is 7.10. The smallest absolute Gasteiger partial charge is 0.252 e. The normalized spacial score (nSPS) is 11.4. The van der Waals surface area contributed by atoms with Crippen LogP contribution in [0.2, 0.25) is 0 Å². The van der Waals surface area contributed by atoms with Crippen LogP contribution in [0, 0.1) is 6.92 Å². The lowest BCUT2D eigenvalue weighted by Gasteiger charge is -2.16. The first-order valence-corrected chi connectivity index (χ1v) is 8.74. The van der Waals surface area contributed by atoms with Gasteiger partial charge in [-0.05, 0) is 32.0 Å². The lowest BCUT2D eigenvalue weighted by atomic mass is 10.1. The van der Waals surface area contributed by atoms with Crippen molar-refractivity contribution in [3.63, 3.8) is 0 Å². The summed E-state index contributed by atoms with van der Waals surface area (Å²) in [6.45, 7) is 3.57. The van der Waals surface area contributed by atoms with E-state index >= 15 is 0 Å². The molecule has 0 aliphatic heterocycles. The predicted octanol–water partition coefficient (Wildman–Crippen LogP) is 2.84. The molecule has 1 atom stereocenters. The predicted molar refractivity (Wildman–Crippen MR) is 101 cm³/mol. The summed E-state index contributed by atoms with van der Waals surface area (Å²) >= 11 is 1.54. The van der Waals surface area contributed by atoms with Gasteiger partial charge >= 0.3 is 0 Å². The molecule has 0 saturated carbocycles. The number of amides is 2. The number of carbonyl (C=O) groups is 2. The Kier molecular flexibility index (Phi) is 6.46. The zero-order valence-electron chi connectivity index (χ0n) is 15.3. The maximum Gasteiger partial charge on any atom is 0.252 e. The van der Waals surface area contributed by atoms with Gasteiger partial charge in [0.1, 0.15) is 6.04 Å². The molecule has 0 aliphatic carbocycles. The molecule has 0 fully saturated rings. The number of aryl methyl sites for hydroxylation is 1. The first-order chi connectivity index (χ1) is 12.4. The number of thiophene rings is 1. The van der Waals surface area contributed by atoms with Crippen LogP contribution in [0.4, 0.5) is 5.69 Å². The molecule has 2 rings (SSSR count). The molecule has 0 spiro atoms. The fraction of sp³-hybridized carbons (Fsp3) is 0.333. The van der Waals surface area contributed by atoms with Crippen molar-refractivity contribution in [3.8, 4) is 17.2 Å². The minimum absolute atomic E-state index is 0.297. The zero-order chi connectivity index (χ0) is 19.3. The minimum atomic E-state index is -0.721. The van der Waals surface area contributed by atoms with Gasteiger partial charge in [-0.25, -0.2) is 0 Å². The maximum atomic E-state index is 12.5. The molecule has 1 unspecified atom stereocenters. The molecule has 7 nitrogen and oxygen atoms in total. The van der Waals surface area contributed by atoms with Crippen molar-refractivity contribution in [3.05, 3.63) is 34.0 Å². The van der Waals surface area contributed by atoms with Crippen LogP contribution in [-0.4, -0.2) is 39.2 Å². The Morgan fingerprint density at radius 2 is 1.65 bits per heavy atom. The van der Waals surface area contributed by atoms with Gasteiger partial charge in [0, 0.05) is 15.8 Å². The van der Waals surface area contributed by atoms with E-state index in [2.05, 4.69) is 10.6 Å². The van der Waals surface area contributed by atoms with Crippen molar-refractivity contribution < 1.29 is 23.8 Å². The molecule has 0 saturated heterocycles. The highest BCUT2D eigenvalue weighted by atomic mass is 32.1. The van der Waals surface area contributed by atoms with E-state index in [9.17, 15) is 9.59 Å². The van der Waals surface area contributed by atoms with Gasteiger partial charge < -0.3 is 24.8 Å². The molecule has 2 N–H and O–H groups in total. The van der Waals surface area contributed by atoms with E-state index in [1.165, 1.54) is 44.8 Å². The Labute approximate surface area is 156 Å². The number of carbonyl (C=O) groups excluding carboxylic acids is 2. The van der Waals surface area contributed by atoms with Crippen LogP contribution < -0.4 is 24.8 Å². The van der Waals surface area contributed by atoms with Crippen LogP contribution in [0.3, 0.4) is 0 Å². The van der Waals surface area contributed by atoms with Crippen molar-refractivity contribution in [2.24, 2.45) is 0 Å². The number of benzene rings is 1. The third kappa shape index (κ3) is 4.45. The third-order valence-corrected chi connectivity index (χ3v) is 4.53. The largest absolute Gasteiger partial charge is 0.493 e. The second-order valence-corrected chi connectivity index (χ2v) is 6.66. The fourth-order valence-corrected chi connectivity index (χ4v) is 2.95. The van der Waals surface area contributed by atoms with E-state index in [4.69, 9.17) is 14.2 Å². The highest BCUT2D eigenvalue weighted by Gasteiger charge is 2.20. The summed E-state index contributed by atoms with van der Waals surface area (Å²) in [6.07, 6.45) is 0. The summed E-state index contributed by atoms with van der Waals surface area (Å²) in [6, 6.07) is 4.21. The topological polar surface area (TPSA) is 85.9 Å². The van der Waals surface area contributed by atoms with E-state index in [0.29, 0.717) is 28.5 Å². The van der Waals surface area contributed by atoms with Gasteiger partial charge in [-0.1, -0.05) is 0 Å². The summed E-state index contributed by atoms with van der Waals surface area (Å²) in [5.74, 6) is 0.396. The van der Waals surface area contributed by atoms with E-state index in [1.54, 1.807) is 6.92 Å². The summed E-state index contributed by atoms with van der Waals surface area (Å²) < 4.78 is 15.7. The second kappa shape index (κ2) is 8.57. The molecule has 0 bridgehead atoms. The molecule has 1 aromatic heterocycles. The number of rotatable bonds is 7. The average molecular weight is 378 g/mol. The van der Waals surface area contributed by atoms with Gasteiger partial charge in [0.2, 0.25) is 11.7 Å². The number of nitrogens with one attached hydrogen (secondary N) is 2. The Morgan fingerprint density at radius 3 is 2.12 bits per heavy atom. The van der Waals surface area contributed by atoms with Crippen molar-refractivity contribution in [2.75, 3.05) is 26.6 Å². The third-order valence-electron chi connectivity index (χ3n) is 3.67. The van der Waals surface area contributed by atoms with Gasteiger partial charge in [0.15, 0.2) is 11.5 Å². The summed E-state index contributed by atoms with van der Waals surface area (Å²) in [5, 5.41) is 7.28. The number of ether oxygens (including phenoxy) is 3. The van der Waals surface area contributed by atoms with Crippen LogP contribution in [0.15, 0.2) is 23.6 Å². The highest BCUT2D eigenvalue weighted by Crippen LogP contribution is 2.38. The minimum Gasteiger partial charge on any atom is -0.493 e. The van der Waals surface area contributed by atoms with Gasteiger partial charge in [0.05, 0.1) is 27.0 Å². The quantitative estimate of drug-likeness (QED) is 0.774. The Morgan fingerprint density at radius 1 is 1.04 bits per heavy atom. The van der Waals surface area contributed by atoms with Crippen molar-refractivity contribution in [2.45, 2.75) is 19.9 Å². The van der Waals surface area contributed by atoms with Gasteiger partial charge in [-0.15, -0.1) is 11.3 Å². The van der Waals surface area contributed by atoms with Crippen LogP contribution >= 0.6 is 11.3 Å². The van der Waals surface area contributed by atoms with E-state index in [-0.39, 0.29) is 5.91 Å². The monoisotopic (exact) mass is 378 g/mol. The van der Waals surface area contributed by atoms with E-state index < -0.39 is 11.9 Å². The SMILES string of the molecule is COc1cc(C(=O)NC(C)C(=O)Nc2csc(C)c2)cc(OC)c1OC. The van der Waals surface area contributed by atoms with Crippen LogP contribution in [0.5, 0.6) is 17.2 Å². The molecule has 0 radical (unpaired) electrons. The Balaban J connectivity index is 2.12. The fourth-order valence-electron chi connectivity index (χ4n) is 2.32. The molecule has 2 aromatic rings. The van der Waals surface area contributed by atoms with Gasteiger partial charge in [-0.3, -0.25) is 9.59 Å². The summed E-state index contributed by atoms with van der Waals surface area (Å²) in [4.78, 5) is 25.8. The summed E-state index contributed by atoms with van der Waals surface area (Å²) in [5.41, 5.74) is 1.01. The van der Waals surface area contributed by atoms with Gasteiger partial charge in [-0.2, -0.15) is 0 Å².